The molecule has 1 aliphatic heterocycles. The maximum absolute atomic E-state index is 5.69. The maximum Gasteiger partial charge on any atom is 0.163 e. The van der Waals surface area contributed by atoms with E-state index in [2.05, 4.69) is 24.1 Å². The predicted molar refractivity (Wildman–Crippen MR) is 112 cm³/mol. The normalized spacial score (nSPS) is 12.5. The van der Waals surface area contributed by atoms with Crippen LogP contribution in [0.3, 0.4) is 0 Å². The summed E-state index contributed by atoms with van der Waals surface area (Å²) in [4.78, 5) is 11.7. The molecule has 0 saturated heterocycles. The Morgan fingerprint density at radius 3 is 2.39 bits per heavy atom. The number of fused-ring (bicyclic) bond motifs is 1. The van der Waals surface area contributed by atoms with Gasteiger partial charge in [0.1, 0.15) is 24.8 Å². The van der Waals surface area contributed by atoms with Crippen molar-refractivity contribution in [2.24, 2.45) is 0 Å². The molecule has 0 aliphatic carbocycles. The van der Waals surface area contributed by atoms with Gasteiger partial charge in [0.05, 0.1) is 0 Å². The van der Waals surface area contributed by atoms with Crippen LogP contribution >= 0.6 is 0 Å². The summed E-state index contributed by atoms with van der Waals surface area (Å²) in [5.41, 5.74) is 1.88. The van der Waals surface area contributed by atoms with Crippen LogP contribution in [0.4, 0.5) is 17.3 Å². The van der Waals surface area contributed by atoms with Crippen LogP contribution in [0.25, 0.3) is 11.4 Å². The third kappa shape index (κ3) is 3.86. The number of hydrogen-bond donors (Lipinski definition) is 1. The molecule has 0 amide bonds. The number of hydrogen-bond acceptors (Lipinski definition) is 6. The van der Waals surface area contributed by atoms with Gasteiger partial charge in [0.15, 0.2) is 17.3 Å². The molecule has 0 fully saturated rings. The van der Waals surface area contributed by atoms with E-state index < -0.39 is 0 Å². The monoisotopic (exact) mass is 376 g/mol. The van der Waals surface area contributed by atoms with Crippen LogP contribution in [0.5, 0.6) is 11.5 Å². The van der Waals surface area contributed by atoms with Gasteiger partial charge in [-0.25, -0.2) is 9.97 Å². The molecule has 1 aromatic heterocycles. The van der Waals surface area contributed by atoms with Gasteiger partial charge in [-0.3, -0.25) is 0 Å². The molecule has 0 bridgehead atoms. The first-order valence-corrected chi connectivity index (χ1v) is 9.63. The summed E-state index contributed by atoms with van der Waals surface area (Å²) in [6.07, 6.45) is 0. The Balaban J connectivity index is 1.70. The van der Waals surface area contributed by atoms with Gasteiger partial charge >= 0.3 is 0 Å². The van der Waals surface area contributed by atoms with Crippen molar-refractivity contribution in [2.75, 3.05) is 36.5 Å². The highest BCUT2D eigenvalue weighted by Gasteiger charge is 2.14. The Bertz CT molecular complexity index is 943. The van der Waals surface area contributed by atoms with Gasteiger partial charge in [-0.05, 0) is 26.0 Å². The van der Waals surface area contributed by atoms with Crippen molar-refractivity contribution >= 4 is 17.3 Å². The SMILES string of the molecule is CCN(CC)c1cc(Nc2ccc3c(c2)OCCO3)nc(-c2ccccc2)n1. The molecule has 28 heavy (non-hydrogen) atoms. The lowest BCUT2D eigenvalue weighted by molar-refractivity contribution is 0.171. The van der Waals surface area contributed by atoms with Crippen LogP contribution in [0.1, 0.15) is 13.8 Å². The van der Waals surface area contributed by atoms with E-state index in [-0.39, 0.29) is 0 Å². The number of anilines is 3. The van der Waals surface area contributed by atoms with Crippen molar-refractivity contribution in [1.29, 1.82) is 0 Å². The van der Waals surface area contributed by atoms with Gasteiger partial charge < -0.3 is 19.7 Å². The first-order valence-electron chi connectivity index (χ1n) is 9.63. The van der Waals surface area contributed by atoms with Gasteiger partial charge in [0.2, 0.25) is 0 Å². The van der Waals surface area contributed by atoms with Crippen molar-refractivity contribution < 1.29 is 9.47 Å². The first kappa shape index (κ1) is 18.1. The third-order valence-corrected chi connectivity index (χ3v) is 4.65. The zero-order valence-corrected chi connectivity index (χ0v) is 16.2. The standard InChI is InChI=1S/C22H24N4O2/c1-3-26(4-2)21-15-20(24-22(25-21)16-8-6-5-7-9-16)23-17-10-11-18-19(14-17)28-13-12-27-18/h5-11,14-15H,3-4,12-13H2,1-2H3,(H,23,24,25). The highest BCUT2D eigenvalue weighted by atomic mass is 16.6. The van der Waals surface area contributed by atoms with E-state index in [0.717, 1.165) is 47.5 Å². The molecule has 1 N–H and O–H groups in total. The molecule has 3 aromatic rings. The zero-order chi connectivity index (χ0) is 19.3. The molecule has 4 rings (SSSR count). The average Bonchev–Trinajstić information content (AvgIpc) is 2.75. The Morgan fingerprint density at radius 1 is 0.893 bits per heavy atom. The molecule has 6 heteroatoms. The molecule has 0 unspecified atom stereocenters. The third-order valence-electron chi connectivity index (χ3n) is 4.65. The van der Waals surface area contributed by atoms with Crippen LogP contribution in [0, 0.1) is 0 Å². The lowest BCUT2D eigenvalue weighted by Gasteiger charge is -2.22. The molecular weight excluding hydrogens is 352 g/mol. The van der Waals surface area contributed by atoms with E-state index in [0.29, 0.717) is 19.0 Å². The number of aromatic nitrogens is 2. The number of nitrogens with one attached hydrogen (secondary N) is 1. The van der Waals surface area contributed by atoms with E-state index in [4.69, 9.17) is 19.4 Å². The van der Waals surface area contributed by atoms with Crippen molar-refractivity contribution in [2.45, 2.75) is 13.8 Å². The number of nitrogens with zero attached hydrogens (tertiary/aromatic N) is 3. The second-order valence-electron chi connectivity index (χ2n) is 6.46. The lowest BCUT2D eigenvalue weighted by Crippen LogP contribution is -2.23. The quantitative estimate of drug-likeness (QED) is 0.683. The lowest BCUT2D eigenvalue weighted by atomic mass is 10.2. The summed E-state index contributed by atoms with van der Waals surface area (Å²) in [6, 6.07) is 17.8. The molecular formula is C22H24N4O2. The van der Waals surface area contributed by atoms with Crippen LogP contribution in [0.2, 0.25) is 0 Å². The maximum atomic E-state index is 5.69. The molecule has 0 atom stereocenters. The fourth-order valence-corrected chi connectivity index (χ4v) is 3.19. The van der Waals surface area contributed by atoms with Gasteiger partial charge in [-0.2, -0.15) is 0 Å². The minimum absolute atomic E-state index is 0.564. The summed E-state index contributed by atoms with van der Waals surface area (Å²) in [6.45, 7) is 7.16. The van der Waals surface area contributed by atoms with Crippen molar-refractivity contribution in [3.8, 4) is 22.9 Å². The molecule has 0 saturated carbocycles. The minimum Gasteiger partial charge on any atom is -0.486 e. The van der Waals surface area contributed by atoms with E-state index in [9.17, 15) is 0 Å². The zero-order valence-electron chi connectivity index (χ0n) is 16.2. The van der Waals surface area contributed by atoms with E-state index in [1.165, 1.54) is 0 Å². The molecule has 144 valence electrons. The summed E-state index contributed by atoms with van der Waals surface area (Å²) in [5, 5.41) is 3.39. The number of rotatable bonds is 6. The molecule has 2 heterocycles. The minimum atomic E-state index is 0.564. The van der Waals surface area contributed by atoms with Crippen LogP contribution in [-0.2, 0) is 0 Å². The fraction of sp³-hybridized carbons (Fsp3) is 0.273. The summed E-state index contributed by atoms with van der Waals surface area (Å²) in [7, 11) is 0. The Kier molecular flexibility index (Phi) is 5.28. The number of benzene rings is 2. The second kappa shape index (κ2) is 8.17. The molecule has 6 nitrogen and oxygen atoms in total. The van der Waals surface area contributed by atoms with Crippen molar-refractivity contribution in [1.82, 2.24) is 9.97 Å². The predicted octanol–water partition coefficient (Wildman–Crippen LogP) is 4.50. The fourth-order valence-electron chi connectivity index (χ4n) is 3.19. The average molecular weight is 376 g/mol. The van der Waals surface area contributed by atoms with Gasteiger partial charge in [0, 0.05) is 36.5 Å². The smallest absolute Gasteiger partial charge is 0.163 e. The van der Waals surface area contributed by atoms with Crippen LogP contribution in [0.15, 0.2) is 54.6 Å². The van der Waals surface area contributed by atoms with E-state index in [1.54, 1.807) is 0 Å². The molecule has 2 aromatic carbocycles. The Hall–Kier alpha value is -3.28. The largest absolute Gasteiger partial charge is 0.486 e. The van der Waals surface area contributed by atoms with Crippen LogP contribution in [-0.4, -0.2) is 36.3 Å². The van der Waals surface area contributed by atoms with Crippen molar-refractivity contribution in [3.05, 3.63) is 54.6 Å². The second-order valence-corrected chi connectivity index (χ2v) is 6.46. The van der Waals surface area contributed by atoms with E-state index >= 15 is 0 Å². The Labute approximate surface area is 165 Å². The van der Waals surface area contributed by atoms with Gasteiger partial charge in [0.25, 0.3) is 0 Å². The topological polar surface area (TPSA) is 59.5 Å². The molecule has 0 spiro atoms. The Morgan fingerprint density at radius 2 is 1.64 bits per heavy atom. The summed E-state index contributed by atoms with van der Waals surface area (Å²) in [5.74, 6) is 3.86. The summed E-state index contributed by atoms with van der Waals surface area (Å²) >= 11 is 0. The van der Waals surface area contributed by atoms with Crippen molar-refractivity contribution in [3.63, 3.8) is 0 Å². The summed E-state index contributed by atoms with van der Waals surface area (Å²) < 4.78 is 11.3. The van der Waals surface area contributed by atoms with Gasteiger partial charge in [-0.15, -0.1) is 0 Å². The van der Waals surface area contributed by atoms with Crippen LogP contribution < -0.4 is 19.7 Å². The van der Waals surface area contributed by atoms with Gasteiger partial charge in [-0.1, -0.05) is 30.3 Å². The van der Waals surface area contributed by atoms with E-state index in [1.807, 2.05) is 54.6 Å². The molecule has 1 aliphatic rings. The first-order chi connectivity index (χ1) is 13.8. The highest BCUT2D eigenvalue weighted by molar-refractivity contribution is 5.67. The number of ether oxygens (including phenoxy) is 2. The highest BCUT2D eigenvalue weighted by Crippen LogP contribution is 2.34. The molecule has 0 radical (unpaired) electrons.